The van der Waals surface area contributed by atoms with Gasteiger partial charge in [-0.3, -0.25) is 4.79 Å². The lowest BCUT2D eigenvalue weighted by Crippen LogP contribution is -2.36. The maximum atomic E-state index is 14.1. The fourth-order valence-corrected chi connectivity index (χ4v) is 6.28. The Bertz CT molecular complexity index is 2160. The molecule has 0 saturated heterocycles. The Hall–Kier alpha value is -6.80. The van der Waals surface area contributed by atoms with Gasteiger partial charge in [0.2, 0.25) is 11.5 Å². The zero-order valence-electron chi connectivity index (χ0n) is 27.2. The molecule has 0 bridgehead atoms. The van der Waals surface area contributed by atoms with Gasteiger partial charge in [0.1, 0.15) is 12.9 Å². The second kappa shape index (κ2) is 12.9. The number of carbonyl (C=O) groups is 2. The van der Waals surface area contributed by atoms with Gasteiger partial charge in [-0.1, -0.05) is 134 Å². The summed E-state index contributed by atoms with van der Waals surface area (Å²) >= 11 is 0. The lowest BCUT2D eigenvalue weighted by atomic mass is 9.97. The summed E-state index contributed by atoms with van der Waals surface area (Å²) < 4.78 is 38.5. The van der Waals surface area contributed by atoms with Crippen molar-refractivity contribution >= 4 is 12.3 Å². The summed E-state index contributed by atoms with van der Waals surface area (Å²) in [5, 5.41) is 0. The van der Waals surface area contributed by atoms with Gasteiger partial charge in [-0.05, 0) is 24.3 Å². The highest BCUT2D eigenvalue weighted by molar-refractivity contribution is 5.94. The fraction of sp³-hybridized carbons (Fsp3) is 0.0698. The molecule has 0 aromatic heterocycles. The average Bonchev–Trinajstić information content (AvgIpc) is 3.80. The molecule has 8 nitrogen and oxygen atoms in total. The van der Waals surface area contributed by atoms with Crippen molar-refractivity contribution in [1.82, 2.24) is 0 Å². The van der Waals surface area contributed by atoms with Gasteiger partial charge in [0.15, 0.2) is 23.0 Å². The first-order valence-electron chi connectivity index (χ1n) is 16.3. The van der Waals surface area contributed by atoms with E-state index in [1.165, 1.54) is 12.1 Å². The number of carbonyl (C=O) groups excluding carboxylic acids is 2. The third-order valence-electron chi connectivity index (χ3n) is 8.61. The molecule has 0 amide bonds. The van der Waals surface area contributed by atoms with Gasteiger partial charge in [0.05, 0.1) is 5.56 Å². The van der Waals surface area contributed by atoms with E-state index in [4.69, 9.17) is 28.4 Å². The smallest absolute Gasteiger partial charge is 0.343 e. The molecular formula is C43H30O8. The minimum atomic E-state index is -1.41. The van der Waals surface area contributed by atoms with Gasteiger partial charge in [-0.15, -0.1) is 0 Å². The predicted octanol–water partition coefficient (Wildman–Crippen LogP) is 8.63. The van der Waals surface area contributed by atoms with Crippen molar-refractivity contribution < 1.29 is 38.0 Å². The third kappa shape index (κ3) is 5.53. The molecule has 0 unspecified atom stereocenters. The molecule has 0 spiro atoms. The summed E-state index contributed by atoms with van der Waals surface area (Å²) in [4.78, 5) is 26.2. The van der Waals surface area contributed by atoms with Crippen molar-refractivity contribution in [3.63, 3.8) is 0 Å². The summed E-state index contributed by atoms with van der Waals surface area (Å²) in [6.45, 7) is 3.91. The summed E-state index contributed by atoms with van der Waals surface area (Å²) in [6.07, 6.45) is 2.24. The second-order valence-corrected chi connectivity index (χ2v) is 11.9. The van der Waals surface area contributed by atoms with Crippen LogP contribution in [0.3, 0.4) is 0 Å². The van der Waals surface area contributed by atoms with Gasteiger partial charge in [0, 0.05) is 27.8 Å². The van der Waals surface area contributed by atoms with Crippen molar-refractivity contribution in [2.75, 3.05) is 6.61 Å². The topological polar surface area (TPSA) is 89.5 Å². The number of rotatable bonds is 10. The van der Waals surface area contributed by atoms with E-state index in [1.54, 1.807) is 18.2 Å². The van der Waals surface area contributed by atoms with Crippen LogP contribution in [0.2, 0.25) is 0 Å². The number of aldehydes is 1. The van der Waals surface area contributed by atoms with E-state index in [2.05, 4.69) is 6.58 Å². The minimum absolute atomic E-state index is 0.00230. The zero-order chi connectivity index (χ0) is 34.8. The van der Waals surface area contributed by atoms with Crippen LogP contribution in [-0.2, 0) is 11.6 Å². The monoisotopic (exact) mass is 674 g/mol. The predicted molar refractivity (Wildman–Crippen MR) is 189 cm³/mol. The molecule has 6 aromatic rings. The molecule has 0 radical (unpaired) electrons. The molecule has 51 heavy (non-hydrogen) atoms. The molecule has 0 saturated carbocycles. The van der Waals surface area contributed by atoms with E-state index in [0.29, 0.717) is 23.2 Å². The first-order chi connectivity index (χ1) is 25.0. The number of fused-ring (bicyclic) bond motifs is 2. The first kappa shape index (κ1) is 31.5. The highest BCUT2D eigenvalue weighted by Crippen LogP contribution is 2.54. The Kier molecular flexibility index (Phi) is 7.96. The number of hydrogen-bond acceptors (Lipinski definition) is 8. The molecule has 2 aliphatic heterocycles. The number of benzene rings is 6. The molecule has 0 atom stereocenters. The molecule has 0 N–H and O–H groups in total. The Morgan fingerprint density at radius 2 is 1.04 bits per heavy atom. The number of ether oxygens (including phenoxy) is 6. The van der Waals surface area contributed by atoms with Crippen LogP contribution in [0.1, 0.15) is 43.0 Å². The Morgan fingerprint density at radius 3 is 1.49 bits per heavy atom. The van der Waals surface area contributed by atoms with Crippen molar-refractivity contribution in [2.45, 2.75) is 11.6 Å². The van der Waals surface area contributed by atoms with Crippen LogP contribution in [-0.4, -0.2) is 18.9 Å². The van der Waals surface area contributed by atoms with Crippen LogP contribution >= 0.6 is 0 Å². The molecule has 2 heterocycles. The molecule has 2 aliphatic rings. The Balaban J connectivity index is 1.18. The Morgan fingerprint density at radius 1 is 0.588 bits per heavy atom. The normalized spacial score (nSPS) is 14.4. The zero-order valence-corrected chi connectivity index (χ0v) is 27.2. The molecular weight excluding hydrogens is 644 g/mol. The van der Waals surface area contributed by atoms with Gasteiger partial charge in [0.25, 0.3) is 0 Å². The third-order valence-corrected chi connectivity index (χ3v) is 8.61. The quantitative estimate of drug-likeness (QED) is 0.0618. The SMILES string of the molecule is C=CCOc1cc(C(=O)Oc2cc(C=O)cc3c2OC(c2ccccc2)(c2ccccc2)O3)cc2c1OC(c1ccccc1)(c1ccccc1)O2. The second-order valence-electron chi connectivity index (χ2n) is 11.9. The van der Waals surface area contributed by atoms with Crippen LogP contribution in [0.5, 0.6) is 34.5 Å². The average molecular weight is 675 g/mol. The van der Waals surface area contributed by atoms with Gasteiger partial charge in [-0.25, -0.2) is 4.79 Å². The standard InChI is InChI=1S/C43H30O8/c1-2-23-46-35-26-30(27-38-39(35)50-43(49-38,33-19-11-5-12-20-33)34-21-13-6-14-22-34)41(45)47-36-24-29(28-44)25-37-40(36)51-42(48-37,31-15-7-3-8-16-31)32-17-9-4-10-18-32/h2-22,24-28H,1,23H2. The number of esters is 1. The largest absolute Gasteiger partial charge is 0.485 e. The minimum Gasteiger partial charge on any atom is -0.485 e. The molecule has 8 rings (SSSR count). The summed E-state index contributed by atoms with van der Waals surface area (Å²) in [7, 11) is 0. The van der Waals surface area contributed by atoms with Gasteiger partial charge in [-0.2, -0.15) is 0 Å². The lowest BCUT2D eigenvalue weighted by molar-refractivity contribution is -0.0469. The highest BCUT2D eigenvalue weighted by Gasteiger charge is 2.49. The maximum absolute atomic E-state index is 14.1. The van der Waals surface area contributed by atoms with Gasteiger partial charge >= 0.3 is 17.5 Å². The van der Waals surface area contributed by atoms with Crippen LogP contribution in [0.4, 0.5) is 0 Å². The molecule has 6 aromatic carbocycles. The van der Waals surface area contributed by atoms with Crippen LogP contribution in [0, 0.1) is 0 Å². The molecule has 0 aliphatic carbocycles. The first-order valence-corrected chi connectivity index (χ1v) is 16.3. The lowest BCUT2D eigenvalue weighted by Gasteiger charge is -2.28. The highest BCUT2D eigenvalue weighted by atomic mass is 16.7. The van der Waals surface area contributed by atoms with E-state index in [0.717, 1.165) is 11.1 Å². The van der Waals surface area contributed by atoms with Crippen LogP contribution < -0.4 is 28.4 Å². The summed E-state index contributed by atoms with van der Waals surface area (Å²) in [5.41, 5.74) is 3.23. The summed E-state index contributed by atoms with van der Waals surface area (Å²) in [6, 6.07) is 43.9. The van der Waals surface area contributed by atoms with Crippen molar-refractivity contribution in [1.29, 1.82) is 0 Å². The summed E-state index contributed by atoms with van der Waals surface area (Å²) in [5.74, 6) is -2.27. The van der Waals surface area contributed by atoms with E-state index >= 15 is 0 Å². The van der Waals surface area contributed by atoms with E-state index in [1.807, 2.05) is 121 Å². The molecule has 0 fully saturated rings. The molecule has 250 valence electrons. The van der Waals surface area contributed by atoms with Crippen molar-refractivity contribution in [3.05, 3.63) is 192 Å². The Labute approximate surface area is 294 Å². The maximum Gasteiger partial charge on any atom is 0.343 e. The van der Waals surface area contributed by atoms with Gasteiger partial charge < -0.3 is 28.4 Å². The fourth-order valence-electron chi connectivity index (χ4n) is 6.28. The van der Waals surface area contributed by atoms with E-state index in [-0.39, 0.29) is 46.5 Å². The molecule has 8 heteroatoms. The van der Waals surface area contributed by atoms with E-state index < -0.39 is 17.5 Å². The van der Waals surface area contributed by atoms with Crippen molar-refractivity contribution in [3.8, 4) is 34.5 Å². The van der Waals surface area contributed by atoms with Crippen LogP contribution in [0.15, 0.2) is 158 Å². The number of hydrogen-bond donors (Lipinski definition) is 0. The van der Waals surface area contributed by atoms with Crippen molar-refractivity contribution in [2.24, 2.45) is 0 Å². The van der Waals surface area contributed by atoms with E-state index in [9.17, 15) is 9.59 Å². The van der Waals surface area contributed by atoms with Crippen LogP contribution in [0.25, 0.3) is 0 Å².